The van der Waals surface area contributed by atoms with Crippen LogP contribution >= 0.6 is 0 Å². The third-order valence-electron chi connectivity index (χ3n) is 6.18. The summed E-state index contributed by atoms with van der Waals surface area (Å²) in [7, 11) is 0. The van der Waals surface area contributed by atoms with Crippen molar-refractivity contribution in [1.29, 1.82) is 0 Å². The number of hydrogen-bond acceptors (Lipinski definition) is 3. The van der Waals surface area contributed by atoms with Gasteiger partial charge in [-0.2, -0.15) is 13.2 Å². The Morgan fingerprint density at radius 1 is 1.00 bits per heavy atom. The zero-order valence-electron chi connectivity index (χ0n) is 19.8. The maximum atomic E-state index is 14.1. The van der Waals surface area contributed by atoms with Crippen LogP contribution in [-0.4, -0.2) is 33.8 Å². The Morgan fingerprint density at radius 3 is 2.24 bits per heavy atom. The molecule has 192 valence electrons. The number of nitrogens with one attached hydrogen (secondary N) is 1. The molecule has 0 unspecified atom stereocenters. The Balaban J connectivity index is 1.55. The van der Waals surface area contributed by atoms with Crippen LogP contribution in [0.2, 0.25) is 0 Å². The number of rotatable bonds is 6. The summed E-state index contributed by atoms with van der Waals surface area (Å²) in [6, 6.07) is 12.6. The Labute approximate surface area is 209 Å². The largest absolute Gasteiger partial charge is 0.480 e. The van der Waals surface area contributed by atoms with Gasteiger partial charge in [0.1, 0.15) is 11.9 Å². The number of amides is 2. The lowest BCUT2D eigenvalue weighted by Crippen LogP contribution is -2.44. The Bertz CT molecular complexity index is 1380. The summed E-state index contributed by atoms with van der Waals surface area (Å²) in [5.74, 6) is -4.27. The first kappa shape index (κ1) is 25.9. The van der Waals surface area contributed by atoms with E-state index < -0.39 is 41.0 Å². The van der Waals surface area contributed by atoms with Crippen LogP contribution in [0, 0.1) is 11.7 Å². The van der Waals surface area contributed by atoms with Gasteiger partial charge >= 0.3 is 12.1 Å². The van der Waals surface area contributed by atoms with E-state index in [0.29, 0.717) is 28.3 Å². The van der Waals surface area contributed by atoms with Gasteiger partial charge in [0.25, 0.3) is 11.8 Å². The van der Waals surface area contributed by atoms with Gasteiger partial charge in [-0.3, -0.25) is 9.59 Å². The molecule has 37 heavy (non-hydrogen) atoms. The first-order valence-electron chi connectivity index (χ1n) is 11.3. The molecule has 2 N–H and O–H groups in total. The van der Waals surface area contributed by atoms with Gasteiger partial charge in [-0.05, 0) is 52.9 Å². The van der Waals surface area contributed by atoms with Crippen molar-refractivity contribution in [2.45, 2.75) is 32.6 Å². The molecule has 1 aliphatic rings. The van der Waals surface area contributed by atoms with Crippen molar-refractivity contribution in [3.8, 4) is 11.1 Å². The second-order valence-corrected chi connectivity index (χ2v) is 9.02. The summed E-state index contributed by atoms with van der Waals surface area (Å²) >= 11 is 0. The standard InChI is InChI=1S/C27H22F4N2O4/c1-14(2)23(26(36)37)33-13-17-7-6-16(12-19(17)25(33)35)15-8-10-18(11-9-15)32-24(34)22-20(27(29,30)31)4-3-5-21(22)28/h3-12,14,23H,13H2,1-2H3,(H,32,34)(H,36,37)/t23-/m0/s1. The Morgan fingerprint density at radius 2 is 1.65 bits per heavy atom. The molecule has 0 aliphatic carbocycles. The van der Waals surface area contributed by atoms with E-state index in [0.717, 1.165) is 12.1 Å². The maximum absolute atomic E-state index is 14.1. The Kier molecular flexibility index (Phi) is 6.77. The molecule has 10 heteroatoms. The number of fused-ring (bicyclic) bond motifs is 1. The van der Waals surface area contributed by atoms with E-state index in [4.69, 9.17) is 0 Å². The summed E-state index contributed by atoms with van der Waals surface area (Å²) < 4.78 is 53.8. The fourth-order valence-electron chi connectivity index (χ4n) is 4.44. The third kappa shape index (κ3) is 5.04. The molecule has 0 aromatic heterocycles. The van der Waals surface area contributed by atoms with Crippen molar-refractivity contribution in [2.24, 2.45) is 5.92 Å². The lowest BCUT2D eigenvalue weighted by molar-refractivity contribution is -0.144. The van der Waals surface area contributed by atoms with E-state index >= 15 is 0 Å². The number of carbonyl (C=O) groups is 3. The lowest BCUT2D eigenvalue weighted by Gasteiger charge is -2.27. The number of halogens is 4. The average molecular weight is 514 g/mol. The second kappa shape index (κ2) is 9.68. The summed E-state index contributed by atoms with van der Waals surface area (Å²) in [6.07, 6.45) is -4.90. The molecule has 3 aromatic rings. The van der Waals surface area contributed by atoms with Crippen molar-refractivity contribution in [1.82, 2.24) is 4.90 Å². The van der Waals surface area contributed by atoms with Gasteiger partial charge < -0.3 is 15.3 Å². The predicted octanol–water partition coefficient (Wildman–Crippen LogP) is 5.83. The second-order valence-electron chi connectivity index (χ2n) is 9.02. The molecule has 0 saturated heterocycles. The topological polar surface area (TPSA) is 86.7 Å². The van der Waals surface area contributed by atoms with Crippen LogP contribution in [0.25, 0.3) is 11.1 Å². The summed E-state index contributed by atoms with van der Waals surface area (Å²) in [6.45, 7) is 3.65. The summed E-state index contributed by atoms with van der Waals surface area (Å²) in [5.41, 5.74) is 0.0675. The van der Waals surface area contributed by atoms with Crippen molar-refractivity contribution < 1.29 is 37.1 Å². The quantitative estimate of drug-likeness (QED) is 0.406. The summed E-state index contributed by atoms with van der Waals surface area (Å²) in [5, 5.41) is 11.8. The number of benzene rings is 3. The zero-order valence-corrected chi connectivity index (χ0v) is 19.8. The highest BCUT2D eigenvalue weighted by atomic mass is 19.4. The minimum atomic E-state index is -4.90. The van der Waals surface area contributed by atoms with Gasteiger partial charge in [0.05, 0.1) is 11.1 Å². The Hall–Kier alpha value is -4.21. The van der Waals surface area contributed by atoms with Crippen molar-refractivity contribution in [3.05, 3.63) is 88.7 Å². The first-order chi connectivity index (χ1) is 17.4. The highest BCUT2D eigenvalue weighted by molar-refractivity contribution is 6.06. The van der Waals surface area contributed by atoms with E-state index in [9.17, 15) is 37.1 Å². The number of carboxylic acids is 1. The maximum Gasteiger partial charge on any atom is 0.417 e. The average Bonchev–Trinajstić information content (AvgIpc) is 3.13. The number of aliphatic carboxylic acids is 1. The van der Waals surface area contributed by atoms with Crippen LogP contribution in [0.5, 0.6) is 0 Å². The van der Waals surface area contributed by atoms with Gasteiger partial charge in [-0.25, -0.2) is 9.18 Å². The number of alkyl halides is 3. The van der Waals surface area contributed by atoms with Crippen LogP contribution < -0.4 is 5.32 Å². The van der Waals surface area contributed by atoms with E-state index in [1.54, 1.807) is 44.2 Å². The molecular formula is C27H22F4N2O4. The predicted molar refractivity (Wildman–Crippen MR) is 127 cm³/mol. The zero-order chi connectivity index (χ0) is 27.1. The molecule has 0 fully saturated rings. The SMILES string of the molecule is CC(C)[C@@H](C(=O)O)N1Cc2ccc(-c3ccc(NC(=O)c4c(F)cccc4C(F)(F)F)cc3)cc2C1=O. The van der Waals surface area contributed by atoms with E-state index in [1.165, 1.54) is 17.0 Å². The molecule has 0 spiro atoms. The minimum absolute atomic E-state index is 0.148. The van der Waals surface area contributed by atoms with Crippen molar-refractivity contribution in [3.63, 3.8) is 0 Å². The van der Waals surface area contributed by atoms with Gasteiger partial charge in [-0.1, -0.05) is 44.2 Å². The van der Waals surface area contributed by atoms with Crippen molar-refractivity contribution >= 4 is 23.5 Å². The normalized spacial score (nSPS) is 14.0. The van der Waals surface area contributed by atoms with E-state index in [2.05, 4.69) is 5.32 Å². The highest BCUT2D eigenvalue weighted by Gasteiger charge is 2.38. The van der Waals surface area contributed by atoms with Gasteiger partial charge in [0, 0.05) is 17.8 Å². The molecule has 1 atom stereocenters. The third-order valence-corrected chi connectivity index (χ3v) is 6.18. The number of nitrogens with zero attached hydrogens (tertiary/aromatic N) is 1. The van der Waals surface area contributed by atoms with Crippen LogP contribution in [0.15, 0.2) is 60.7 Å². The van der Waals surface area contributed by atoms with Gasteiger partial charge in [-0.15, -0.1) is 0 Å². The van der Waals surface area contributed by atoms with Crippen LogP contribution in [0.4, 0.5) is 23.2 Å². The first-order valence-corrected chi connectivity index (χ1v) is 11.3. The molecule has 0 bridgehead atoms. The molecule has 4 rings (SSSR count). The number of carbonyl (C=O) groups excluding carboxylic acids is 2. The van der Waals surface area contributed by atoms with Gasteiger partial charge in [0.2, 0.25) is 0 Å². The monoisotopic (exact) mass is 514 g/mol. The molecule has 6 nitrogen and oxygen atoms in total. The molecule has 0 saturated carbocycles. The van der Waals surface area contributed by atoms with Crippen LogP contribution in [0.1, 0.15) is 45.7 Å². The fraction of sp³-hybridized carbons (Fsp3) is 0.222. The highest BCUT2D eigenvalue weighted by Crippen LogP contribution is 2.34. The van der Waals surface area contributed by atoms with Crippen LogP contribution in [0.3, 0.4) is 0 Å². The molecule has 1 heterocycles. The minimum Gasteiger partial charge on any atom is -0.480 e. The molecule has 3 aromatic carbocycles. The smallest absolute Gasteiger partial charge is 0.417 e. The molecular weight excluding hydrogens is 492 g/mol. The number of carboxylic acid groups (broad SMARTS) is 1. The van der Waals surface area contributed by atoms with Crippen molar-refractivity contribution in [2.75, 3.05) is 5.32 Å². The van der Waals surface area contributed by atoms with Gasteiger partial charge in [0.15, 0.2) is 0 Å². The fourth-order valence-corrected chi connectivity index (χ4v) is 4.44. The van der Waals surface area contributed by atoms with Crippen LogP contribution in [-0.2, 0) is 17.5 Å². The molecule has 2 amide bonds. The number of hydrogen-bond donors (Lipinski definition) is 2. The molecule has 0 radical (unpaired) electrons. The summed E-state index contributed by atoms with van der Waals surface area (Å²) in [4.78, 5) is 38.5. The van der Waals surface area contributed by atoms with E-state index in [1.807, 2.05) is 0 Å². The van der Waals surface area contributed by atoms with E-state index in [-0.39, 0.29) is 24.1 Å². The lowest BCUT2D eigenvalue weighted by atomic mass is 10.00. The number of anilines is 1. The molecule has 1 aliphatic heterocycles.